The number of primary amides is 2. The van der Waals surface area contributed by atoms with Crippen LogP contribution in [0.2, 0.25) is 0 Å². The topological polar surface area (TPSA) is 121 Å². The number of carbonyl (C=O) groups excluding carboxylic acids is 2. The lowest BCUT2D eigenvalue weighted by molar-refractivity contribution is -0.137. The van der Waals surface area contributed by atoms with Crippen LogP contribution in [0.15, 0.2) is 47.4 Å². The summed E-state index contributed by atoms with van der Waals surface area (Å²) in [5.74, 6) is -4.19. The molecule has 32 heavy (non-hydrogen) atoms. The highest BCUT2D eigenvalue weighted by Gasteiger charge is 2.34. The van der Waals surface area contributed by atoms with E-state index in [1.54, 1.807) is 0 Å². The Bertz CT molecular complexity index is 1300. The molecule has 0 aliphatic heterocycles. The quantitative estimate of drug-likeness (QED) is 0.578. The minimum atomic E-state index is -4.93. The van der Waals surface area contributed by atoms with Crippen molar-refractivity contribution in [2.75, 3.05) is 0 Å². The van der Waals surface area contributed by atoms with Crippen molar-refractivity contribution in [3.8, 4) is 22.4 Å². The van der Waals surface area contributed by atoms with Crippen molar-refractivity contribution in [2.45, 2.75) is 12.7 Å². The zero-order chi connectivity index (χ0) is 23.8. The molecule has 1 heterocycles. The smallest absolute Gasteiger partial charge is 0.368 e. The van der Waals surface area contributed by atoms with Gasteiger partial charge in [-0.3, -0.25) is 14.4 Å². The summed E-state index contributed by atoms with van der Waals surface area (Å²) >= 11 is 0. The maximum absolute atomic E-state index is 14.5. The second-order valence-corrected chi connectivity index (χ2v) is 6.62. The van der Waals surface area contributed by atoms with Crippen molar-refractivity contribution in [3.63, 3.8) is 0 Å². The lowest BCUT2D eigenvalue weighted by Crippen LogP contribution is -2.31. The highest BCUT2D eigenvalue weighted by Crippen LogP contribution is 2.39. The van der Waals surface area contributed by atoms with Gasteiger partial charge in [0, 0.05) is 17.3 Å². The Kier molecular flexibility index (Phi) is 5.80. The zero-order valence-corrected chi connectivity index (χ0v) is 15.9. The van der Waals surface area contributed by atoms with Crippen LogP contribution in [0.25, 0.3) is 22.4 Å². The fraction of sp³-hybridized carbons (Fsp3) is 0.100. The van der Waals surface area contributed by atoms with Gasteiger partial charge in [0.25, 0.3) is 11.5 Å². The molecule has 0 radical (unpaired) electrons. The molecule has 0 aliphatic carbocycles. The van der Waals surface area contributed by atoms with Crippen LogP contribution in [0, 0.1) is 11.6 Å². The van der Waals surface area contributed by atoms with Crippen LogP contribution < -0.4 is 17.0 Å². The molecule has 0 saturated heterocycles. The molecule has 166 valence electrons. The lowest BCUT2D eigenvalue weighted by atomic mass is 9.96. The van der Waals surface area contributed by atoms with E-state index in [9.17, 15) is 36.3 Å². The molecule has 2 amide bonds. The number of aromatic nitrogens is 2. The summed E-state index contributed by atoms with van der Waals surface area (Å²) in [7, 11) is 0. The van der Waals surface area contributed by atoms with E-state index >= 15 is 0 Å². The van der Waals surface area contributed by atoms with Gasteiger partial charge in [-0.25, -0.2) is 13.8 Å². The monoisotopic (exact) mass is 452 g/mol. The van der Waals surface area contributed by atoms with E-state index in [1.165, 1.54) is 0 Å². The lowest BCUT2D eigenvalue weighted by Gasteiger charge is -2.15. The maximum atomic E-state index is 14.5. The first-order valence-electron chi connectivity index (χ1n) is 8.75. The van der Waals surface area contributed by atoms with Crippen LogP contribution >= 0.6 is 0 Å². The van der Waals surface area contributed by atoms with Gasteiger partial charge in [0.2, 0.25) is 5.91 Å². The first-order chi connectivity index (χ1) is 14.9. The predicted molar refractivity (Wildman–Crippen MR) is 102 cm³/mol. The maximum Gasteiger partial charge on any atom is 0.417 e. The number of halogens is 5. The molecule has 12 heteroatoms. The minimum Gasteiger partial charge on any atom is -0.368 e. The Labute approximate surface area is 176 Å². The van der Waals surface area contributed by atoms with Crippen LogP contribution in [-0.2, 0) is 17.5 Å². The third-order valence-electron chi connectivity index (χ3n) is 4.37. The predicted octanol–water partition coefficient (Wildman–Crippen LogP) is 2.46. The van der Waals surface area contributed by atoms with E-state index in [-0.39, 0.29) is 5.56 Å². The third kappa shape index (κ3) is 4.48. The number of rotatable bonds is 5. The molecule has 0 aliphatic rings. The SMILES string of the molecule is NC(=O)Cn1cc(C(N)=O)nc(-c2ccc(F)c(-c3cc(F)ccc3C(F)(F)F)c2)c1=O. The summed E-state index contributed by atoms with van der Waals surface area (Å²) in [6.07, 6.45) is -4.04. The Morgan fingerprint density at radius 1 is 1.00 bits per heavy atom. The van der Waals surface area contributed by atoms with Gasteiger partial charge in [0.15, 0.2) is 0 Å². The van der Waals surface area contributed by atoms with E-state index in [0.29, 0.717) is 18.2 Å². The number of carbonyl (C=O) groups is 2. The Morgan fingerprint density at radius 2 is 1.69 bits per heavy atom. The first kappa shape index (κ1) is 22.6. The molecule has 7 nitrogen and oxygen atoms in total. The third-order valence-corrected chi connectivity index (χ3v) is 4.37. The normalized spacial score (nSPS) is 11.4. The zero-order valence-electron chi connectivity index (χ0n) is 15.9. The minimum absolute atomic E-state index is 0.204. The van der Waals surface area contributed by atoms with E-state index in [0.717, 1.165) is 29.0 Å². The Balaban J connectivity index is 2.29. The van der Waals surface area contributed by atoms with Gasteiger partial charge in [0.1, 0.15) is 29.6 Å². The van der Waals surface area contributed by atoms with Crippen molar-refractivity contribution in [1.29, 1.82) is 0 Å². The van der Waals surface area contributed by atoms with Gasteiger partial charge in [-0.1, -0.05) is 0 Å². The summed E-state index contributed by atoms with van der Waals surface area (Å²) in [5.41, 5.74) is 5.37. The number of hydrogen-bond donors (Lipinski definition) is 2. The largest absolute Gasteiger partial charge is 0.417 e. The van der Waals surface area contributed by atoms with E-state index in [1.807, 2.05) is 0 Å². The highest BCUT2D eigenvalue weighted by molar-refractivity contribution is 5.91. The molecule has 2 aromatic carbocycles. The van der Waals surface area contributed by atoms with Crippen molar-refractivity contribution in [2.24, 2.45) is 11.5 Å². The van der Waals surface area contributed by atoms with Crippen LogP contribution in [0.1, 0.15) is 16.1 Å². The molecule has 0 saturated carbocycles. The van der Waals surface area contributed by atoms with E-state index in [4.69, 9.17) is 11.5 Å². The molecule has 0 unspecified atom stereocenters. The highest BCUT2D eigenvalue weighted by atomic mass is 19.4. The van der Waals surface area contributed by atoms with E-state index < -0.39 is 69.8 Å². The molecular weight excluding hydrogens is 439 g/mol. The molecule has 4 N–H and O–H groups in total. The van der Waals surface area contributed by atoms with Crippen LogP contribution in [0.4, 0.5) is 22.0 Å². The van der Waals surface area contributed by atoms with Gasteiger partial charge < -0.3 is 16.0 Å². The molecule has 0 atom stereocenters. The first-order valence-corrected chi connectivity index (χ1v) is 8.75. The Hall–Kier alpha value is -4.09. The van der Waals surface area contributed by atoms with Gasteiger partial charge in [-0.05, 0) is 42.0 Å². The van der Waals surface area contributed by atoms with Crippen molar-refractivity contribution in [3.05, 3.63) is 75.8 Å². The second-order valence-electron chi connectivity index (χ2n) is 6.62. The number of nitrogens with two attached hydrogens (primary N) is 2. The van der Waals surface area contributed by atoms with Gasteiger partial charge in [-0.15, -0.1) is 0 Å². The van der Waals surface area contributed by atoms with Gasteiger partial charge >= 0.3 is 6.18 Å². The van der Waals surface area contributed by atoms with Crippen LogP contribution in [0.5, 0.6) is 0 Å². The van der Waals surface area contributed by atoms with Crippen molar-refractivity contribution >= 4 is 11.8 Å². The second kappa shape index (κ2) is 8.21. The van der Waals surface area contributed by atoms with E-state index in [2.05, 4.69) is 4.98 Å². The molecule has 0 spiro atoms. The number of amides is 2. The number of benzene rings is 2. The number of hydrogen-bond acceptors (Lipinski definition) is 4. The van der Waals surface area contributed by atoms with Crippen LogP contribution in [0.3, 0.4) is 0 Å². The molecule has 0 fully saturated rings. The fourth-order valence-electron chi connectivity index (χ4n) is 3.00. The summed E-state index contributed by atoms with van der Waals surface area (Å²) < 4.78 is 69.1. The molecule has 0 bridgehead atoms. The van der Waals surface area contributed by atoms with Gasteiger partial charge in [-0.2, -0.15) is 13.2 Å². The molecule has 3 rings (SSSR count). The van der Waals surface area contributed by atoms with Gasteiger partial charge in [0.05, 0.1) is 5.56 Å². The standard InChI is InChI=1S/C20H13F5N4O3/c21-10-2-3-13(20(23,24)25)11(6-10)12-5-9(1-4-14(12)22)17-19(32)29(8-16(26)30)7-15(28-17)18(27)31/h1-7H,8H2,(H2,26,30)(H2,27,31). The number of alkyl halides is 3. The van der Waals surface area contributed by atoms with Crippen LogP contribution in [-0.4, -0.2) is 21.4 Å². The molecule has 1 aromatic heterocycles. The summed E-state index contributed by atoms with van der Waals surface area (Å²) in [6, 6.07) is 4.17. The average molecular weight is 452 g/mol. The Morgan fingerprint density at radius 3 is 2.28 bits per heavy atom. The average Bonchev–Trinajstić information content (AvgIpc) is 2.68. The summed E-state index contributed by atoms with van der Waals surface area (Å²) in [4.78, 5) is 39.3. The number of nitrogens with zero attached hydrogens (tertiary/aromatic N) is 2. The van der Waals surface area contributed by atoms with Crippen molar-refractivity contribution < 1.29 is 31.5 Å². The summed E-state index contributed by atoms with van der Waals surface area (Å²) in [5, 5.41) is 0. The molecular formula is C20H13F5N4O3. The fourth-order valence-corrected chi connectivity index (χ4v) is 3.00. The van der Waals surface area contributed by atoms with Crippen molar-refractivity contribution in [1.82, 2.24) is 9.55 Å². The molecule has 3 aromatic rings. The summed E-state index contributed by atoms with van der Waals surface area (Å²) in [6.45, 7) is -0.648.